The summed E-state index contributed by atoms with van der Waals surface area (Å²) in [5, 5.41) is 0. The summed E-state index contributed by atoms with van der Waals surface area (Å²) in [6.45, 7) is 6.34. The molecule has 6 nitrogen and oxygen atoms in total. The molecular weight excluding hydrogens is 340 g/mol. The number of fused-ring (bicyclic) bond motifs is 1. The van der Waals surface area contributed by atoms with Crippen LogP contribution in [-0.4, -0.2) is 66.7 Å². The predicted octanol–water partition coefficient (Wildman–Crippen LogP) is 1.16. The maximum absolute atomic E-state index is 13.1. The van der Waals surface area contributed by atoms with Gasteiger partial charge in [0.05, 0.1) is 23.6 Å². The minimum Gasteiger partial charge on any atom is -0.335 e. The minimum atomic E-state index is -3.26. The van der Waals surface area contributed by atoms with Gasteiger partial charge in [-0.25, -0.2) is 8.42 Å². The molecule has 2 atom stereocenters. The van der Waals surface area contributed by atoms with Crippen molar-refractivity contribution in [2.45, 2.75) is 39.3 Å². The van der Waals surface area contributed by atoms with Gasteiger partial charge in [0, 0.05) is 25.1 Å². The highest BCUT2D eigenvalue weighted by atomic mass is 32.2. The number of nitrogens with zero attached hydrogens (tertiary/aromatic N) is 2. The molecule has 25 heavy (non-hydrogen) atoms. The van der Waals surface area contributed by atoms with E-state index in [1.54, 1.807) is 16.7 Å². The van der Waals surface area contributed by atoms with Gasteiger partial charge in [0.1, 0.15) is 0 Å². The summed E-state index contributed by atoms with van der Waals surface area (Å²) < 4.78 is 24.4. The number of carbonyl (C=O) groups excluding carboxylic acids is 2. The van der Waals surface area contributed by atoms with Crippen LogP contribution in [0.3, 0.4) is 0 Å². The van der Waals surface area contributed by atoms with E-state index in [2.05, 4.69) is 0 Å². The number of hydrogen-bond acceptors (Lipinski definition) is 4. The predicted molar refractivity (Wildman–Crippen MR) is 95.2 cm³/mol. The molecule has 2 heterocycles. The fourth-order valence-corrected chi connectivity index (χ4v) is 5.82. The van der Waals surface area contributed by atoms with Crippen molar-refractivity contribution in [3.63, 3.8) is 0 Å². The normalized spacial score (nSPS) is 24.9. The second-order valence-electron chi connectivity index (χ2n) is 6.97. The summed E-state index contributed by atoms with van der Waals surface area (Å²) in [5.41, 5.74) is 2.47. The molecule has 0 radical (unpaired) electrons. The Kier molecular flexibility index (Phi) is 4.62. The third-order valence-corrected chi connectivity index (χ3v) is 6.88. The summed E-state index contributed by atoms with van der Waals surface area (Å²) in [4.78, 5) is 28.6. The number of hydrogen-bond donors (Lipinski definition) is 0. The molecule has 2 aliphatic rings. The summed E-state index contributed by atoms with van der Waals surface area (Å²) in [7, 11) is -3.26. The van der Waals surface area contributed by atoms with Crippen LogP contribution in [0.2, 0.25) is 0 Å². The van der Waals surface area contributed by atoms with E-state index in [0.29, 0.717) is 25.1 Å². The first-order valence-corrected chi connectivity index (χ1v) is 10.4. The zero-order valence-corrected chi connectivity index (χ0v) is 15.7. The van der Waals surface area contributed by atoms with Crippen LogP contribution < -0.4 is 0 Å². The van der Waals surface area contributed by atoms with E-state index in [4.69, 9.17) is 0 Å². The number of aryl methyl sites for hydroxylation is 2. The third-order valence-electron chi connectivity index (χ3n) is 5.18. The Bertz CT molecular complexity index is 818. The largest absolute Gasteiger partial charge is 0.335 e. The number of amides is 2. The molecule has 136 valence electrons. The van der Waals surface area contributed by atoms with Gasteiger partial charge < -0.3 is 9.80 Å². The molecule has 7 heteroatoms. The van der Waals surface area contributed by atoms with E-state index in [0.717, 1.165) is 11.1 Å². The average molecular weight is 364 g/mol. The lowest BCUT2D eigenvalue weighted by Crippen LogP contribution is -2.61. The van der Waals surface area contributed by atoms with E-state index in [1.807, 2.05) is 32.0 Å². The van der Waals surface area contributed by atoms with E-state index in [1.165, 1.54) is 0 Å². The topological polar surface area (TPSA) is 74.8 Å². The molecule has 1 aromatic rings. The van der Waals surface area contributed by atoms with E-state index in [9.17, 15) is 18.0 Å². The van der Waals surface area contributed by atoms with Crippen LogP contribution >= 0.6 is 0 Å². The minimum absolute atomic E-state index is 0.0501. The Labute approximate surface area is 148 Å². The number of piperazine rings is 1. The molecule has 2 aliphatic heterocycles. The van der Waals surface area contributed by atoms with Gasteiger partial charge in [-0.15, -0.1) is 0 Å². The Morgan fingerprint density at radius 2 is 1.68 bits per heavy atom. The fourth-order valence-electron chi connectivity index (χ4n) is 3.84. The van der Waals surface area contributed by atoms with Crippen LogP contribution in [0.5, 0.6) is 0 Å². The van der Waals surface area contributed by atoms with Crippen molar-refractivity contribution < 1.29 is 18.0 Å². The molecule has 0 unspecified atom stereocenters. The first-order chi connectivity index (χ1) is 11.7. The maximum atomic E-state index is 13.1. The third kappa shape index (κ3) is 3.29. The maximum Gasteiger partial charge on any atom is 0.254 e. The molecule has 0 saturated carbocycles. The molecule has 2 amide bonds. The van der Waals surface area contributed by atoms with Crippen LogP contribution in [0.4, 0.5) is 0 Å². The van der Waals surface area contributed by atoms with E-state index in [-0.39, 0.29) is 23.3 Å². The smallest absolute Gasteiger partial charge is 0.254 e. The fraction of sp³-hybridized carbons (Fsp3) is 0.556. The van der Waals surface area contributed by atoms with Crippen LogP contribution in [-0.2, 0) is 14.6 Å². The highest BCUT2D eigenvalue weighted by Crippen LogP contribution is 2.29. The summed E-state index contributed by atoms with van der Waals surface area (Å²) in [5.74, 6) is -0.315. The van der Waals surface area contributed by atoms with Gasteiger partial charge in [0.15, 0.2) is 9.84 Å². The van der Waals surface area contributed by atoms with E-state index < -0.39 is 21.9 Å². The number of carbonyl (C=O) groups is 2. The second kappa shape index (κ2) is 6.44. The summed E-state index contributed by atoms with van der Waals surface area (Å²) in [6, 6.07) is 4.82. The van der Waals surface area contributed by atoms with Gasteiger partial charge in [0.25, 0.3) is 5.91 Å². The van der Waals surface area contributed by atoms with Crippen LogP contribution in [0, 0.1) is 13.8 Å². The van der Waals surface area contributed by atoms with Crippen molar-refractivity contribution in [3.05, 3.63) is 34.9 Å². The molecule has 3 rings (SSSR count). The van der Waals surface area contributed by atoms with Crippen molar-refractivity contribution in [1.82, 2.24) is 9.80 Å². The molecular formula is C18H24N2O4S. The van der Waals surface area contributed by atoms with Crippen LogP contribution in [0.1, 0.15) is 34.8 Å². The van der Waals surface area contributed by atoms with Gasteiger partial charge >= 0.3 is 0 Å². The first-order valence-electron chi connectivity index (χ1n) is 8.61. The van der Waals surface area contributed by atoms with Gasteiger partial charge in [-0.05, 0) is 25.5 Å². The Morgan fingerprint density at radius 1 is 1.08 bits per heavy atom. The number of rotatable bonds is 2. The lowest BCUT2D eigenvalue weighted by atomic mass is 10.00. The molecule has 0 aliphatic carbocycles. The van der Waals surface area contributed by atoms with E-state index >= 15 is 0 Å². The van der Waals surface area contributed by atoms with Gasteiger partial charge in [-0.1, -0.05) is 24.6 Å². The molecule has 0 spiro atoms. The lowest BCUT2D eigenvalue weighted by molar-refractivity contribution is -0.135. The molecule has 0 bridgehead atoms. The lowest BCUT2D eigenvalue weighted by Gasteiger charge is -2.44. The number of sulfone groups is 1. The van der Waals surface area contributed by atoms with Crippen molar-refractivity contribution in [1.29, 1.82) is 0 Å². The van der Waals surface area contributed by atoms with Crippen molar-refractivity contribution in [3.8, 4) is 0 Å². The van der Waals surface area contributed by atoms with Crippen LogP contribution in [0.15, 0.2) is 18.2 Å². The van der Waals surface area contributed by atoms with Crippen molar-refractivity contribution in [2.24, 2.45) is 0 Å². The van der Waals surface area contributed by atoms with Crippen molar-refractivity contribution in [2.75, 3.05) is 24.6 Å². The zero-order valence-electron chi connectivity index (χ0n) is 14.9. The Hall–Kier alpha value is -1.89. The van der Waals surface area contributed by atoms with Gasteiger partial charge in [0.2, 0.25) is 5.91 Å². The summed E-state index contributed by atoms with van der Waals surface area (Å²) >= 11 is 0. The quantitative estimate of drug-likeness (QED) is 0.789. The first kappa shape index (κ1) is 17.9. The molecule has 0 N–H and O–H groups in total. The molecule has 1 aromatic carbocycles. The standard InChI is InChI=1S/C18H24N2O4S/c1-4-17(21)19-7-8-20(16-11-25(23,24)10-15(16)19)18(22)14-9-12(2)5-6-13(14)3/h5-6,9,15-16H,4,7-8,10-11H2,1-3H3/t15-,16+/m1/s1. The summed E-state index contributed by atoms with van der Waals surface area (Å²) in [6.07, 6.45) is 0.341. The monoisotopic (exact) mass is 364 g/mol. The van der Waals surface area contributed by atoms with Crippen molar-refractivity contribution >= 4 is 21.7 Å². The molecule has 2 fully saturated rings. The molecule has 0 aromatic heterocycles. The average Bonchev–Trinajstić information content (AvgIpc) is 2.89. The van der Waals surface area contributed by atoms with Gasteiger partial charge in [-0.2, -0.15) is 0 Å². The zero-order chi connectivity index (χ0) is 18.4. The second-order valence-corrected chi connectivity index (χ2v) is 9.12. The highest BCUT2D eigenvalue weighted by molar-refractivity contribution is 7.91. The van der Waals surface area contributed by atoms with Gasteiger partial charge in [-0.3, -0.25) is 9.59 Å². The Balaban J connectivity index is 1.94. The highest BCUT2D eigenvalue weighted by Gasteiger charge is 2.49. The SMILES string of the molecule is CCC(=O)N1CCN(C(=O)c2cc(C)ccc2C)[C@H]2CS(=O)(=O)C[C@H]21. The van der Waals surface area contributed by atoms with Crippen LogP contribution in [0.25, 0.3) is 0 Å². The molecule has 2 saturated heterocycles. The number of benzene rings is 1. The Morgan fingerprint density at radius 3 is 2.32 bits per heavy atom.